The van der Waals surface area contributed by atoms with Gasteiger partial charge in [0.2, 0.25) is 13.6 Å². The molecule has 2 heterocycles. The number of aryl methyl sites for hydroxylation is 2. The van der Waals surface area contributed by atoms with Gasteiger partial charge in [0.25, 0.3) is 0 Å². The predicted molar refractivity (Wildman–Crippen MR) is 110 cm³/mol. The fraction of sp³-hybridized carbons (Fsp3) is 0.167. The van der Waals surface area contributed by atoms with Crippen LogP contribution in [0.15, 0.2) is 60.7 Å². The maximum atomic E-state index is 6.08. The standard InChI is InChI=1S/C24H20O4/c1-15-11-21-17-7-3-5-9-19(17)23(15)27-13-26-22-12-16(2)24(28-14-25-21)20-10-6-4-8-18(20)22/h3-12H,13-14H2,1-2H3. The highest BCUT2D eigenvalue weighted by Gasteiger charge is 2.16. The summed E-state index contributed by atoms with van der Waals surface area (Å²) >= 11 is 0. The molecule has 0 fully saturated rings. The smallest absolute Gasteiger partial charge is 0.230 e. The third kappa shape index (κ3) is 2.69. The Bertz CT molecular complexity index is 1100. The van der Waals surface area contributed by atoms with Crippen LogP contribution in [0.4, 0.5) is 0 Å². The second-order valence-corrected chi connectivity index (χ2v) is 6.95. The summed E-state index contributed by atoms with van der Waals surface area (Å²) in [6.07, 6.45) is 0. The molecule has 0 atom stereocenters. The second-order valence-electron chi connectivity index (χ2n) is 6.95. The lowest BCUT2D eigenvalue weighted by Gasteiger charge is -2.20. The van der Waals surface area contributed by atoms with Gasteiger partial charge in [-0.25, -0.2) is 0 Å². The molecule has 4 aromatic rings. The van der Waals surface area contributed by atoms with E-state index in [2.05, 4.69) is 0 Å². The van der Waals surface area contributed by atoms with Gasteiger partial charge in [0.15, 0.2) is 0 Å². The van der Waals surface area contributed by atoms with E-state index >= 15 is 0 Å². The zero-order chi connectivity index (χ0) is 19.1. The molecule has 0 aliphatic carbocycles. The minimum Gasteiger partial charge on any atom is -0.457 e. The zero-order valence-corrected chi connectivity index (χ0v) is 15.8. The zero-order valence-electron chi connectivity index (χ0n) is 15.8. The molecular formula is C24H20O4. The Kier molecular flexibility index (Phi) is 3.97. The molecule has 28 heavy (non-hydrogen) atoms. The normalized spacial score (nSPS) is 13.5. The summed E-state index contributed by atoms with van der Waals surface area (Å²) < 4.78 is 24.3. The highest BCUT2D eigenvalue weighted by molar-refractivity contribution is 5.95. The lowest BCUT2D eigenvalue weighted by Crippen LogP contribution is -2.11. The molecule has 2 aliphatic rings. The van der Waals surface area contributed by atoms with Crippen LogP contribution in [0.2, 0.25) is 0 Å². The van der Waals surface area contributed by atoms with Crippen LogP contribution < -0.4 is 18.9 Å². The average Bonchev–Trinajstić information content (AvgIpc) is 2.71. The van der Waals surface area contributed by atoms with Gasteiger partial charge in [-0.15, -0.1) is 0 Å². The molecule has 0 saturated heterocycles. The molecule has 0 aromatic heterocycles. The summed E-state index contributed by atoms with van der Waals surface area (Å²) in [6.45, 7) is 4.26. The number of hydrogen-bond donors (Lipinski definition) is 0. The lowest BCUT2D eigenvalue weighted by molar-refractivity contribution is 0.116. The fourth-order valence-electron chi connectivity index (χ4n) is 3.82. The van der Waals surface area contributed by atoms with Crippen molar-refractivity contribution < 1.29 is 18.9 Å². The summed E-state index contributed by atoms with van der Waals surface area (Å²) in [4.78, 5) is 0. The largest absolute Gasteiger partial charge is 0.457 e. The van der Waals surface area contributed by atoms with Crippen molar-refractivity contribution in [2.24, 2.45) is 0 Å². The molecular weight excluding hydrogens is 352 g/mol. The van der Waals surface area contributed by atoms with Crippen molar-refractivity contribution in [3.63, 3.8) is 0 Å². The number of hydrogen-bond acceptors (Lipinski definition) is 4. The Morgan fingerprint density at radius 3 is 1.36 bits per heavy atom. The van der Waals surface area contributed by atoms with Gasteiger partial charge in [-0.2, -0.15) is 0 Å². The Labute approximate surface area is 163 Å². The molecule has 0 radical (unpaired) electrons. The van der Waals surface area contributed by atoms with E-state index in [1.807, 2.05) is 74.5 Å². The summed E-state index contributed by atoms with van der Waals surface area (Å²) in [6, 6.07) is 20.1. The van der Waals surface area contributed by atoms with Crippen LogP contribution in [-0.4, -0.2) is 13.6 Å². The van der Waals surface area contributed by atoms with E-state index in [9.17, 15) is 0 Å². The van der Waals surface area contributed by atoms with Crippen LogP contribution in [-0.2, 0) is 0 Å². The minimum absolute atomic E-state index is 0.120. The predicted octanol–water partition coefficient (Wildman–Crippen LogP) is 5.75. The highest BCUT2D eigenvalue weighted by Crippen LogP contribution is 2.39. The average molecular weight is 372 g/mol. The van der Waals surface area contributed by atoms with Gasteiger partial charge in [-0.05, 0) is 37.1 Å². The van der Waals surface area contributed by atoms with Crippen LogP contribution in [0.1, 0.15) is 11.1 Å². The number of fused-ring (bicyclic) bond motifs is 6. The van der Waals surface area contributed by atoms with Gasteiger partial charge in [0, 0.05) is 21.5 Å². The van der Waals surface area contributed by atoms with Crippen LogP contribution in [0, 0.1) is 13.8 Å². The first-order valence-electron chi connectivity index (χ1n) is 9.28. The van der Waals surface area contributed by atoms with Crippen molar-refractivity contribution in [3.8, 4) is 23.0 Å². The topological polar surface area (TPSA) is 36.9 Å². The van der Waals surface area contributed by atoms with Crippen molar-refractivity contribution in [1.82, 2.24) is 0 Å². The summed E-state index contributed by atoms with van der Waals surface area (Å²) in [7, 11) is 0. The quantitative estimate of drug-likeness (QED) is 0.394. The molecule has 4 heteroatoms. The Hall–Kier alpha value is -3.40. The van der Waals surface area contributed by atoms with E-state index in [1.165, 1.54) is 0 Å². The monoisotopic (exact) mass is 372 g/mol. The third-order valence-corrected chi connectivity index (χ3v) is 5.12. The van der Waals surface area contributed by atoms with Gasteiger partial charge < -0.3 is 18.9 Å². The van der Waals surface area contributed by atoms with E-state index in [4.69, 9.17) is 18.9 Å². The van der Waals surface area contributed by atoms with Crippen LogP contribution in [0.25, 0.3) is 21.5 Å². The van der Waals surface area contributed by atoms with E-state index < -0.39 is 0 Å². The molecule has 0 unspecified atom stereocenters. The maximum absolute atomic E-state index is 6.08. The molecule has 0 spiro atoms. The van der Waals surface area contributed by atoms with Gasteiger partial charge in [-0.1, -0.05) is 48.5 Å². The van der Waals surface area contributed by atoms with Gasteiger partial charge in [-0.3, -0.25) is 0 Å². The molecule has 0 saturated carbocycles. The van der Waals surface area contributed by atoms with Crippen LogP contribution >= 0.6 is 0 Å². The number of rotatable bonds is 0. The molecule has 4 aromatic carbocycles. The van der Waals surface area contributed by atoms with E-state index in [0.29, 0.717) is 0 Å². The Morgan fingerprint density at radius 2 is 0.929 bits per heavy atom. The molecule has 140 valence electrons. The van der Waals surface area contributed by atoms with Gasteiger partial charge in [0.05, 0.1) is 0 Å². The van der Waals surface area contributed by atoms with E-state index in [0.717, 1.165) is 55.7 Å². The molecule has 6 rings (SSSR count). The van der Waals surface area contributed by atoms with Crippen molar-refractivity contribution >= 4 is 21.5 Å². The molecule has 0 amide bonds. The minimum atomic E-state index is 0.120. The Balaban J connectivity index is 1.67. The lowest BCUT2D eigenvalue weighted by atomic mass is 10.0. The van der Waals surface area contributed by atoms with Crippen molar-refractivity contribution in [2.75, 3.05) is 13.6 Å². The highest BCUT2D eigenvalue weighted by atomic mass is 16.7. The van der Waals surface area contributed by atoms with Gasteiger partial charge >= 0.3 is 0 Å². The van der Waals surface area contributed by atoms with Gasteiger partial charge in [0.1, 0.15) is 23.0 Å². The van der Waals surface area contributed by atoms with Crippen molar-refractivity contribution in [1.29, 1.82) is 0 Å². The number of ether oxygens (including phenoxy) is 4. The van der Waals surface area contributed by atoms with Crippen LogP contribution in [0.3, 0.4) is 0 Å². The first-order valence-corrected chi connectivity index (χ1v) is 9.28. The number of benzene rings is 4. The first kappa shape index (κ1) is 16.8. The fourth-order valence-corrected chi connectivity index (χ4v) is 3.82. The summed E-state index contributed by atoms with van der Waals surface area (Å²) in [5.41, 5.74) is 1.98. The molecule has 4 nitrogen and oxygen atoms in total. The van der Waals surface area contributed by atoms with Crippen molar-refractivity contribution in [3.05, 3.63) is 71.8 Å². The first-order chi connectivity index (χ1) is 13.7. The molecule has 2 aliphatic heterocycles. The summed E-state index contributed by atoms with van der Waals surface area (Å²) in [5.74, 6) is 3.16. The van der Waals surface area contributed by atoms with Crippen LogP contribution in [0.5, 0.6) is 23.0 Å². The SMILES string of the molecule is Cc1cc2c3ccccc3c1OCOc1cc(C)c(c3ccccc13)OCO2. The molecule has 4 bridgehead atoms. The van der Waals surface area contributed by atoms with E-state index in [-0.39, 0.29) is 13.6 Å². The van der Waals surface area contributed by atoms with Crippen molar-refractivity contribution in [2.45, 2.75) is 13.8 Å². The second kappa shape index (κ2) is 6.64. The Morgan fingerprint density at radius 1 is 0.536 bits per heavy atom. The van der Waals surface area contributed by atoms with E-state index in [1.54, 1.807) is 0 Å². The molecule has 0 N–H and O–H groups in total. The maximum Gasteiger partial charge on any atom is 0.230 e. The third-order valence-electron chi connectivity index (χ3n) is 5.12. The summed E-state index contributed by atoms with van der Waals surface area (Å²) in [5, 5.41) is 3.96.